The summed E-state index contributed by atoms with van der Waals surface area (Å²) in [5.74, 6) is 1.99. The molecule has 1 aromatic carbocycles. The van der Waals surface area contributed by atoms with E-state index in [4.69, 9.17) is 14.6 Å². The van der Waals surface area contributed by atoms with Crippen LogP contribution in [0.4, 0.5) is 0 Å². The van der Waals surface area contributed by atoms with Gasteiger partial charge >= 0.3 is 5.97 Å². The van der Waals surface area contributed by atoms with Crippen molar-refractivity contribution in [3.05, 3.63) is 47.6 Å². The van der Waals surface area contributed by atoms with Gasteiger partial charge in [-0.2, -0.15) is 0 Å². The molecular weight excluding hydrogens is 380 g/mol. The van der Waals surface area contributed by atoms with Crippen LogP contribution in [0, 0.1) is 11.8 Å². The fraction of sp³-hybridized carbons (Fsp3) is 0.542. The van der Waals surface area contributed by atoms with E-state index in [9.17, 15) is 4.79 Å². The van der Waals surface area contributed by atoms with Gasteiger partial charge in [0.2, 0.25) is 0 Å². The maximum Gasteiger partial charge on any atom is 0.304 e. The summed E-state index contributed by atoms with van der Waals surface area (Å²) in [6.07, 6.45) is 12.4. The Kier molecular flexibility index (Phi) is 5.52. The molecule has 1 aromatic rings. The van der Waals surface area contributed by atoms with E-state index >= 15 is 0 Å². The first-order valence-electron chi connectivity index (χ1n) is 11.2. The van der Waals surface area contributed by atoms with Crippen molar-refractivity contribution in [2.45, 2.75) is 44.1 Å². The molecule has 6 nitrogen and oxygen atoms in total. The summed E-state index contributed by atoms with van der Waals surface area (Å²) in [6, 6.07) is 6.16. The smallest absolute Gasteiger partial charge is 0.304 e. The van der Waals surface area contributed by atoms with E-state index in [0.29, 0.717) is 25.2 Å². The van der Waals surface area contributed by atoms with Crippen molar-refractivity contribution in [1.29, 1.82) is 0 Å². The predicted molar refractivity (Wildman–Crippen MR) is 114 cm³/mol. The van der Waals surface area contributed by atoms with E-state index in [-0.39, 0.29) is 12.3 Å². The number of nitrogens with one attached hydrogen (secondary N) is 1. The lowest BCUT2D eigenvalue weighted by atomic mass is 9.92. The molecule has 0 bridgehead atoms. The van der Waals surface area contributed by atoms with Crippen molar-refractivity contribution in [2.75, 3.05) is 26.3 Å². The average Bonchev–Trinajstić information content (AvgIpc) is 3.48. The summed E-state index contributed by atoms with van der Waals surface area (Å²) >= 11 is 0. The number of rotatable bonds is 7. The summed E-state index contributed by atoms with van der Waals surface area (Å²) in [7, 11) is 0. The van der Waals surface area contributed by atoms with Crippen molar-refractivity contribution in [2.24, 2.45) is 11.8 Å². The highest BCUT2D eigenvalue weighted by atomic mass is 16.5. The second-order valence-corrected chi connectivity index (χ2v) is 9.01. The molecule has 3 unspecified atom stereocenters. The number of benzene rings is 1. The lowest BCUT2D eigenvalue weighted by Crippen LogP contribution is -2.40. The first kappa shape index (κ1) is 19.6. The number of nitrogens with zero attached hydrogens (tertiary/aromatic N) is 1. The molecule has 30 heavy (non-hydrogen) atoms. The van der Waals surface area contributed by atoms with Crippen molar-refractivity contribution in [1.82, 2.24) is 10.4 Å². The molecule has 0 aromatic heterocycles. The van der Waals surface area contributed by atoms with Crippen LogP contribution >= 0.6 is 0 Å². The summed E-state index contributed by atoms with van der Waals surface area (Å²) < 4.78 is 11.7. The Balaban J connectivity index is 1.20. The molecule has 2 N–H and O–H groups in total. The minimum Gasteiger partial charge on any atom is -0.492 e. The average molecular weight is 411 g/mol. The standard InChI is InChI=1S/C24H30N2O4/c27-24(28)10-19-15-30-23-11-20(7-8-21(19)23)29-14-17-5-6-18-12-25-26(22(18)9-17)13-16-3-1-2-4-16/h5-9,11,16,18-19,22,25H,1-4,10,12-15H2,(H,27,28). The maximum absolute atomic E-state index is 11.0. The van der Waals surface area contributed by atoms with Gasteiger partial charge in [-0.05, 0) is 30.4 Å². The summed E-state index contributed by atoms with van der Waals surface area (Å²) in [6.45, 7) is 3.09. The minimum absolute atomic E-state index is 0.0758. The van der Waals surface area contributed by atoms with Crippen LogP contribution in [-0.2, 0) is 4.79 Å². The molecule has 6 heteroatoms. The largest absolute Gasteiger partial charge is 0.492 e. The van der Waals surface area contributed by atoms with Crippen molar-refractivity contribution in [3.8, 4) is 11.5 Å². The predicted octanol–water partition coefficient (Wildman–Crippen LogP) is 3.51. The Bertz CT molecular complexity index is 859. The van der Waals surface area contributed by atoms with Crippen LogP contribution < -0.4 is 14.9 Å². The number of carboxylic acid groups (broad SMARTS) is 1. The normalized spacial score (nSPS) is 28.1. The highest BCUT2D eigenvalue weighted by Gasteiger charge is 2.34. The number of hydrogen-bond donors (Lipinski definition) is 2. The molecule has 2 fully saturated rings. The maximum atomic E-state index is 11.0. The van der Waals surface area contributed by atoms with E-state index < -0.39 is 5.97 Å². The lowest BCUT2D eigenvalue weighted by molar-refractivity contribution is -0.137. The van der Waals surface area contributed by atoms with Gasteiger partial charge in [-0.15, -0.1) is 0 Å². The zero-order valence-electron chi connectivity index (χ0n) is 17.3. The van der Waals surface area contributed by atoms with E-state index in [0.717, 1.165) is 36.1 Å². The lowest BCUT2D eigenvalue weighted by Gasteiger charge is -2.28. The quantitative estimate of drug-likeness (QED) is 0.717. The van der Waals surface area contributed by atoms with Gasteiger partial charge in [-0.1, -0.05) is 37.1 Å². The third kappa shape index (κ3) is 4.12. The van der Waals surface area contributed by atoms with Crippen LogP contribution in [0.1, 0.15) is 43.6 Å². The van der Waals surface area contributed by atoms with Crippen LogP contribution in [0.25, 0.3) is 0 Å². The first-order chi connectivity index (χ1) is 14.7. The molecular formula is C24H30N2O4. The Hall–Kier alpha value is -2.31. The van der Waals surface area contributed by atoms with Gasteiger partial charge in [0.25, 0.3) is 0 Å². The van der Waals surface area contributed by atoms with E-state index in [2.05, 4.69) is 28.7 Å². The van der Waals surface area contributed by atoms with E-state index in [1.807, 2.05) is 18.2 Å². The Morgan fingerprint density at radius 3 is 3.00 bits per heavy atom. The molecule has 4 aliphatic rings. The van der Waals surface area contributed by atoms with Crippen LogP contribution in [0.5, 0.6) is 11.5 Å². The van der Waals surface area contributed by atoms with Crippen molar-refractivity contribution >= 4 is 5.97 Å². The Labute approximate surface area is 177 Å². The molecule has 3 atom stereocenters. The summed E-state index contributed by atoms with van der Waals surface area (Å²) in [5, 5.41) is 11.5. The molecule has 2 aliphatic carbocycles. The number of ether oxygens (including phenoxy) is 2. The highest BCUT2D eigenvalue weighted by molar-refractivity contribution is 5.68. The Morgan fingerprint density at radius 2 is 2.17 bits per heavy atom. The van der Waals surface area contributed by atoms with E-state index in [1.165, 1.54) is 31.3 Å². The van der Waals surface area contributed by atoms with Gasteiger partial charge in [-0.3, -0.25) is 10.2 Å². The number of hydrogen-bond acceptors (Lipinski definition) is 5. The number of carbonyl (C=O) groups is 1. The van der Waals surface area contributed by atoms with Gasteiger partial charge in [0.05, 0.1) is 19.1 Å². The molecule has 0 spiro atoms. The molecule has 5 rings (SSSR count). The monoisotopic (exact) mass is 410 g/mol. The van der Waals surface area contributed by atoms with Gasteiger partial charge in [-0.25, -0.2) is 5.01 Å². The van der Waals surface area contributed by atoms with Gasteiger partial charge < -0.3 is 14.6 Å². The van der Waals surface area contributed by atoms with Crippen LogP contribution in [0.15, 0.2) is 42.0 Å². The highest BCUT2D eigenvalue weighted by Crippen LogP contribution is 2.38. The third-order valence-electron chi connectivity index (χ3n) is 6.89. The molecule has 2 aliphatic heterocycles. The van der Waals surface area contributed by atoms with Crippen LogP contribution in [-0.4, -0.2) is 48.4 Å². The fourth-order valence-electron chi connectivity index (χ4n) is 5.24. The third-order valence-corrected chi connectivity index (χ3v) is 6.89. The number of aliphatic carboxylic acids is 1. The van der Waals surface area contributed by atoms with Crippen molar-refractivity contribution in [3.63, 3.8) is 0 Å². The van der Waals surface area contributed by atoms with E-state index in [1.54, 1.807) is 0 Å². The molecule has 160 valence electrons. The van der Waals surface area contributed by atoms with Gasteiger partial charge in [0, 0.05) is 36.6 Å². The Morgan fingerprint density at radius 1 is 1.30 bits per heavy atom. The molecule has 2 heterocycles. The minimum atomic E-state index is -0.797. The zero-order chi connectivity index (χ0) is 20.5. The number of fused-ring (bicyclic) bond motifs is 2. The zero-order valence-corrected chi connectivity index (χ0v) is 17.3. The van der Waals surface area contributed by atoms with Gasteiger partial charge in [0.15, 0.2) is 0 Å². The molecule has 1 saturated carbocycles. The van der Waals surface area contributed by atoms with Gasteiger partial charge in [0.1, 0.15) is 18.1 Å². The second kappa shape index (κ2) is 8.44. The molecule has 0 amide bonds. The molecule has 0 radical (unpaired) electrons. The topological polar surface area (TPSA) is 71.0 Å². The number of carboxylic acids is 1. The van der Waals surface area contributed by atoms with Crippen LogP contribution in [0.2, 0.25) is 0 Å². The SMILES string of the molecule is O=C(O)CC1COc2cc(OCC3=CC4C(C=C3)CNN4CC3CCCC3)ccc21. The summed E-state index contributed by atoms with van der Waals surface area (Å²) in [4.78, 5) is 11.0. The fourth-order valence-corrected chi connectivity index (χ4v) is 5.24. The van der Waals surface area contributed by atoms with Crippen molar-refractivity contribution < 1.29 is 19.4 Å². The molecule has 1 saturated heterocycles. The second-order valence-electron chi connectivity index (χ2n) is 9.01. The summed E-state index contributed by atoms with van der Waals surface area (Å²) in [5.41, 5.74) is 5.76. The number of hydrazine groups is 1. The van der Waals surface area contributed by atoms with Crippen LogP contribution in [0.3, 0.4) is 0 Å². The first-order valence-corrected chi connectivity index (χ1v) is 11.2.